The highest BCUT2D eigenvalue weighted by atomic mass is 79.9. The van der Waals surface area contributed by atoms with Crippen molar-refractivity contribution in [2.45, 2.75) is 19.8 Å². The fourth-order valence-electron chi connectivity index (χ4n) is 1.98. The molecular formula is C15H17BrN2O3. The van der Waals surface area contributed by atoms with Crippen LogP contribution < -0.4 is 15.0 Å². The van der Waals surface area contributed by atoms with E-state index in [1.54, 1.807) is 26.4 Å². The number of halogens is 1. The molecule has 1 heterocycles. The molecule has 2 rings (SSSR count). The van der Waals surface area contributed by atoms with Gasteiger partial charge in [0.15, 0.2) is 0 Å². The minimum absolute atomic E-state index is 0.129. The van der Waals surface area contributed by atoms with Crippen LogP contribution in [0.4, 0.5) is 0 Å². The predicted molar refractivity (Wildman–Crippen MR) is 85.2 cm³/mol. The number of H-pyrrole nitrogens is 1. The number of ether oxygens (including phenoxy) is 2. The molecule has 112 valence electrons. The zero-order valence-corrected chi connectivity index (χ0v) is 13.9. The van der Waals surface area contributed by atoms with Crippen LogP contribution in [0.25, 0.3) is 11.4 Å². The van der Waals surface area contributed by atoms with Crippen LogP contribution in [-0.2, 0) is 0 Å². The molecule has 0 saturated carbocycles. The number of nitrogens with zero attached hydrogens (tertiary/aromatic N) is 1. The van der Waals surface area contributed by atoms with E-state index in [0.29, 0.717) is 33.1 Å². The molecule has 0 unspecified atom stereocenters. The average molecular weight is 353 g/mol. The van der Waals surface area contributed by atoms with Gasteiger partial charge in [0, 0.05) is 6.07 Å². The average Bonchev–Trinajstić information content (AvgIpc) is 2.48. The Kier molecular flexibility index (Phi) is 4.67. The smallest absolute Gasteiger partial charge is 0.265 e. The third-order valence-electron chi connectivity index (χ3n) is 3.10. The van der Waals surface area contributed by atoms with E-state index in [2.05, 4.69) is 25.9 Å². The van der Waals surface area contributed by atoms with Gasteiger partial charge in [-0.3, -0.25) is 4.79 Å². The highest BCUT2D eigenvalue weighted by Gasteiger charge is 2.16. The lowest BCUT2D eigenvalue weighted by atomic mass is 10.1. The molecule has 0 aliphatic rings. The second kappa shape index (κ2) is 6.30. The number of aromatic nitrogens is 2. The van der Waals surface area contributed by atoms with Crippen LogP contribution in [0.5, 0.6) is 11.5 Å². The topological polar surface area (TPSA) is 64.2 Å². The number of benzene rings is 1. The summed E-state index contributed by atoms with van der Waals surface area (Å²) >= 11 is 3.29. The molecule has 0 spiro atoms. The Morgan fingerprint density at radius 3 is 2.52 bits per heavy atom. The number of aromatic amines is 1. The molecule has 0 saturated heterocycles. The minimum atomic E-state index is -0.207. The van der Waals surface area contributed by atoms with Crippen LogP contribution in [0.15, 0.2) is 27.5 Å². The summed E-state index contributed by atoms with van der Waals surface area (Å²) in [6.45, 7) is 3.98. The van der Waals surface area contributed by atoms with Crippen molar-refractivity contribution in [3.05, 3.63) is 38.7 Å². The third kappa shape index (κ3) is 3.10. The molecule has 1 aromatic heterocycles. The van der Waals surface area contributed by atoms with Crippen LogP contribution in [0.3, 0.4) is 0 Å². The lowest BCUT2D eigenvalue weighted by Crippen LogP contribution is -2.14. The first kappa shape index (κ1) is 15.6. The summed E-state index contributed by atoms with van der Waals surface area (Å²) in [7, 11) is 3.16. The molecule has 6 heteroatoms. The molecule has 2 aromatic rings. The van der Waals surface area contributed by atoms with Crippen molar-refractivity contribution >= 4 is 15.9 Å². The first-order valence-electron chi connectivity index (χ1n) is 6.50. The van der Waals surface area contributed by atoms with Crippen molar-refractivity contribution in [3.8, 4) is 22.9 Å². The van der Waals surface area contributed by atoms with Gasteiger partial charge in [0.25, 0.3) is 5.56 Å². The van der Waals surface area contributed by atoms with Crippen molar-refractivity contribution in [3.63, 3.8) is 0 Å². The summed E-state index contributed by atoms with van der Waals surface area (Å²) in [5.41, 5.74) is 1.22. The van der Waals surface area contributed by atoms with E-state index in [9.17, 15) is 4.79 Å². The number of hydrogen-bond donors (Lipinski definition) is 1. The molecule has 0 atom stereocenters. The van der Waals surface area contributed by atoms with E-state index in [0.717, 1.165) is 0 Å². The second-order valence-electron chi connectivity index (χ2n) is 4.83. The summed E-state index contributed by atoms with van der Waals surface area (Å²) in [6, 6.07) is 5.37. The van der Waals surface area contributed by atoms with Gasteiger partial charge in [-0.25, -0.2) is 4.98 Å². The Hall–Kier alpha value is -1.82. The highest BCUT2D eigenvalue weighted by molar-refractivity contribution is 9.10. The van der Waals surface area contributed by atoms with E-state index < -0.39 is 0 Å². The van der Waals surface area contributed by atoms with E-state index in [-0.39, 0.29) is 11.5 Å². The fraction of sp³-hybridized carbons (Fsp3) is 0.333. The SMILES string of the molecule is COc1ccc(-c2nc(C(C)C)c(Br)c(=O)[nH]2)c(OC)c1. The van der Waals surface area contributed by atoms with Gasteiger partial charge >= 0.3 is 0 Å². The number of nitrogens with one attached hydrogen (secondary N) is 1. The molecule has 0 aliphatic heterocycles. The Balaban J connectivity index is 2.64. The molecule has 0 fully saturated rings. The van der Waals surface area contributed by atoms with Crippen LogP contribution in [0, 0.1) is 0 Å². The standard InChI is InChI=1S/C15H17BrN2O3/c1-8(2)13-12(16)15(19)18-14(17-13)10-6-5-9(20-3)7-11(10)21-4/h5-8H,1-4H3,(H,17,18,19). The Morgan fingerprint density at radius 2 is 1.95 bits per heavy atom. The van der Waals surface area contributed by atoms with Crippen LogP contribution >= 0.6 is 15.9 Å². The first-order chi connectivity index (χ1) is 9.97. The zero-order chi connectivity index (χ0) is 15.6. The van der Waals surface area contributed by atoms with Gasteiger partial charge < -0.3 is 14.5 Å². The Labute approximate surface area is 131 Å². The summed E-state index contributed by atoms with van der Waals surface area (Å²) in [5.74, 6) is 1.88. The lowest BCUT2D eigenvalue weighted by Gasteiger charge is -2.12. The normalized spacial score (nSPS) is 10.8. The summed E-state index contributed by atoms with van der Waals surface area (Å²) in [4.78, 5) is 19.4. The van der Waals surface area contributed by atoms with E-state index >= 15 is 0 Å². The first-order valence-corrected chi connectivity index (χ1v) is 7.29. The maximum atomic E-state index is 12.1. The quantitative estimate of drug-likeness (QED) is 0.916. The summed E-state index contributed by atoms with van der Waals surface area (Å²) < 4.78 is 11.0. The predicted octanol–water partition coefficient (Wildman–Crippen LogP) is 3.34. The van der Waals surface area contributed by atoms with Gasteiger partial charge in [0.2, 0.25) is 0 Å². The third-order valence-corrected chi connectivity index (χ3v) is 3.87. The van der Waals surface area contributed by atoms with Crippen molar-refractivity contribution in [1.82, 2.24) is 9.97 Å². The molecule has 0 amide bonds. The van der Waals surface area contributed by atoms with Gasteiger partial charge in [-0.2, -0.15) is 0 Å². The highest BCUT2D eigenvalue weighted by Crippen LogP contribution is 2.32. The second-order valence-corrected chi connectivity index (χ2v) is 5.63. The van der Waals surface area contributed by atoms with E-state index in [1.165, 1.54) is 0 Å². The van der Waals surface area contributed by atoms with Crippen LogP contribution in [0.2, 0.25) is 0 Å². The molecule has 5 nitrogen and oxygen atoms in total. The lowest BCUT2D eigenvalue weighted by molar-refractivity contribution is 0.395. The Morgan fingerprint density at radius 1 is 1.24 bits per heavy atom. The molecular weight excluding hydrogens is 336 g/mol. The maximum Gasteiger partial charge on any atom is 0.265 e. The van der Waals surface area contributed by atoms with Gasteiger partial charge in [-0.15, -0.1) is 0 Å². The van der Waals surface area contributed by atoms with E-state index in [1.807, 2.05) is 19.9 Å². The van der Waals surface area contributed by atoms with Gasteiger partial charge in [0.1, 0.15) is 21.8 Å². The van der Waals surface area contributed by atoms with E-state index in [4.69, 9.17) is 9.47 Å². The van der Waals surface area contributed by atoms with Crippen molar-refractivity contribution < 1.29 is 9.47 Å². The number of rotatable bonds is 4. The van der Waals surface area contributed by atoms with Crippen molar-refractivity contribution in [1.29, 1.82) is 0 Å². The Bertz CT molecular complexity index is 711. The summed E-state index contributed by atoms with van der Waals surface area (Å²) in [5, 5.41) is 0. The number of hydrogen-bond acceptors (Lipinski definition) is 4. The largest absolute Gasteiger partial charge is 0.497 e. The molecule has 21 heavy (non-hydrogen) atoms. The van der Waals surface area contributed by atoms with Crippen molar-refractivity contribution in [2.75, 3.05) is 14.2 Å². The van der Waals surface area contributed by atoms with Crippen molar-refractivity contribution in [2.24, 2.45) is 0 Å². The maximum absolute atomic E-state index is 12.1. The van der Waals surface area contributed by atoms with Gasteiger partial charge in [0.05, 0.1) is 25.5 Å². The molecule has 1 aromatic carbocycles. The van der Waals surface area contributed by atoms with Crippen LogP contribution in [-0.4, -0.2) is 24.2 Å². The number of methoxy groups -OCH3 is 2. The molecule has 0 bridgehead atoms. The minimum Gasteiger partial charge on any atom is -0.497 e. The fourth-order valence-corrected chi connectivity index (χ4v) is 2.63. The molecule has 0 radical (unpaired) electrons. The van der Waals surface area contributed by atoms with Gasteiger partial charge in [-0.1, -0.05) is 13.8 Å². The van der Waals surface area contributed by atoms with Crippen LogP contribution in [0.1, 0.15) is 25.5 Å². The molecule has 0 aliphatic carbocycles. The van der Waals surface area contributed by atoms with Gasteiger partial charge in [-0.05, 0) is 34.0 Å². The zero-order valence-electron chi connectivity index (χ0n) is 12.4. The monoisotopic (exact) mass is 352 g/mol. The summed E-state index contributed by atoms with van der Waals surface area (Å²) in [6.07, 6.45) is 0. The molecule has 1 N–H and O–H groups in total.